The number of fused-ring (bicyclic) bond motifs is 2. The Morgan fingerprint density at radius 3 is 2.54 bits per heavy atom. The number of nitrogens with zero attached hydrogens (tertiary/aromatic N) is 1. The SMILES string of the molecule is CC1C(=O)N(Cc2ccc3ccccc3c2)c2c(/C=C/C(=O)NS(=O)(=O)c3cc(Cl)c(Cl)s3)cccc21. The van der Waals surface area contributed by atoms with Crippen LogP contribution in [0.2, 0.25) is 9.36 Å². The largest absolute Gasteiger partial charge is 0.307 e. The predicted molar refractivity (Wildman–Crippen MR) is 149 cm³/mol. The Labute approximate surface area is 228 Å². The average Bonchev–Trinajstić information content (AvgIpc) is 3.34. The molecular formula is C27H20Cl2N2O4S2. The van der Waals surface area contributed by atoms with Crippen molar-refractivity contribution < 1.29 is 18.0 Å². The van der Waals surface area contributed by atoms with Crippen molar-refractivity contribution in [1.82, 2.24) is 4.72 Å². The number of thiophene rings is 1. The molecule has 4 aromatic rings. The van der Waals surface area contributed by atoms with Gasteiger partial charge in [0.2, 0.25) is 5.91 Å². The van der Waals surface area contributed by atoms with Gasteiger partial charge in [-0.15, -0.1) is 11.3 Å². The average molecular weight is 572 g/mol. The Morgan fingerprint density at radius 2 is 1.81 bits per heavy atom. The minimum atomic E-state index is -4.13. The Kier molecular flexibility index (Phi) is 6.85. The maximum atomic E-state index is 13.2. The molecule has 0 aliphatic carbocycles. The number of hydrogen-bond acceptors (Lipinski definition) is 5. The monoisotopic (exact) mass is 570 g/mol. The van der Waals surface area contributed by atoms with E-state index in [2.05, 4.69) is 6.07 Å². The highest BCUT2D eigenvalue weighted by molar-refractivity contribution is 7.92. The van der Waals surface area contributed by atoms with E-state index in [9.17, 15) is 18.0 Å². The number of carbonyl (C=O) groups excluding carboxylic acids is 2. The molecule has 3 aromatic carbocycles. The number of para-hydroxylation sites is 1. The molecule has 1 aromatic heterocycles. The molecule has 10 heteroatoms. The first-order valence-electron chi connectivity index (χ1n) is 11.3. The van der Waals surface area contributed by atoms with Crippen LogP contribution in [0.1, 0.15) is 29.5 Å². The number of hydrogen-bond donors (Lipinski definition) is 1. The van der Waals surface area contributed by atoms with Gasteiger partial charge in [0.15, 0.2) is 0 Å². The number of benzene rings is 3. The first-order valence-corrected chi connectivity index (χ1v) is 14.3. The first kappa shape index (κ1) is 25.5. The van der Waals surface area contributed by atoms with Crippen LogP contribution < -0.4 is 9.62 Å². The Hall–Kier alpha value is -3.17. The van der Waals surface area contributed by atoms with Gasteiger partial charge < -0.3 is 4.90 Å². The zero-order valence-corrected chi connectivity index (χ0v) is 22.6. The third kappa shape index (κ3) is 5.02. The van der Waals surface area contributed by atoms with E-state index in [4.69, 9.17) is 23.2 Å². The fourth-order valence-electron chi connectivity index (χ4n) is 4.37. The molecule has 0 radical (unpaired) electrons. The third-order valence-electron chi connectivity index (χ3n) is 6.16. The molecule has 1 unspecified atom stereocenters. The van der Waals surface area contributed by atoms with Gasteiger partial charge in [-0.1, -0.05) is 77.8 Å². The Morgan fingerprint density at radius 1 is 1.05 bits per heavy atom. The van der Waals surface area contributed by atoms with E-state index in [0.29, 0.717) is 17.8 Å². The van der Waals surface area contributed by atoms with Crippen LogP contribution >= 0.6 is 34.5 Å². The molecule has 37 heavy (non-hydrogen) atoms. The second-order valence-corrected chi connectivity index (χ2v) is 12.6. The lowest BCUT2D eigenvalue weighted by Crippen LogP contribution is -2.28. The number of rotatable bonds is 6. The van der Waals surface area contributed by atoms with E-state index in [0.717, 1.165) is 39.3 Å². The van der Waals surface area contributed by atoms with Gasteiger partial charge in [0.05, 0.1) is 23.2 Å². The van der Waals surface area contributed by atoms with Crippen LogP contribution in [-0.2, 0) is 26.2 Å². The molecule has 1 aliphatic rings. The standard InChI is InChI=1S/C27H20Cl2N2O4S2/c1-16-21-8-4-7-19(11-12-23(32)30-37(34,35)24-14-22(28)26(29)36-24)25(21)31(27(16)33)15-17-9-10-18-5-2-3-6-20(18)13-17/h2-14,16H,15H2,1H3,(H,30,32)/b12-11+. The number of carbonyl (C=O) groups is 2. The number of nitrogens with one attached hydrogen (secondary N) is 1. The van der Waals surface area contributed by atoms with Gasteiger partial charge in [-0.3, -0.25) is 9.59 Å². The highest BCUT2D eigenvalue weighted by Crippen LogP contribution is 2.41. The van der Waals surface area contributed by atoms with Crippen molar-refractivity contribution in [3.8, 4) is 0 Å². The summed E-state index contributed by atoms with van der Waals surface area (Å²) < 4.78 is 27.0. The van der Waals surface area contributed by atoms with Crippen molar-refractivity contribution in [2.75, 3.05) is 4.90 Å². The highest BCUT2D eigenvalue weighted by Gasteiger charge is 2.35. The molecule has 0 saturated carbocycles. The molecule has 1 N–H and O–H groups in total. The fourth-order valence-corrected chi connectivity index (χ4v) is 7.20. The van der Waals surface area contributed by atoms with Crippen LogP contribution in [0.4, 0.5) is 5.69 Å². The van der Waals surface area contributed by atoms with Gasteiger partial charge in [-0.05, 0) is 52.6 Å². The van der Waals surface area contributed by atoms with Crippen molar-refractivity contribution in [2.45, 2.75) is 23.6 Å². The highest BCUT2D eigenvalue weighted by atomic mass is 35.5. The lowest BCUT2D eigenvalue weighted by Gasteiger charge is -2.20. The van der Waals surface area contributed by atoms with Crippen molar-refractivity contribution in [2.24, 2.45) is 0 Å². The maximum absolute atomic E-state index is 13.2. The fraction of sp³-hybridized carbons (Fsp3) is 0.111. The Balaban J connectivity index is 1.41. The lowest BCUT2D eigenvalue weighted by atomic mass is 10.00. The lowest BCUT2D eigenvalue weighted by molar-refractivity contribution is -0.119. The maximum Gasteiger partial charge on any atom is 0.273 e. The summed E-state index contributed by atoms with van der Waals surface area (Å²) in [6.07, 6.45) is 2.64. The zero-order chi connectivity index (χ0) is 26.3. The second kappa shape index (κ2) is 9.95. The predicted octanol–water partition coefficient (Wildman–Crippen LogP) is 6.38. The normalized spacial score (nSPS) is 15.5. The van der Waals surface area contributed by atoms with E-state index in [-0.39, 0.29) is 25.4 Å². The summed E-state index contributed by atoms with van der Waals surface area (Å²) in [7, 11) is -4.13. The van der Waals surface area contributed by atoms with Crippen LogP contribution in [0.15, 0.2) is 77.0 Å². The van der Waals surface area contributed by atoms with Crippen molar-refractivity contribution in [3.05, 3.63) is 98.9 Å². The van der Waals surface area contributed by atoms with Crippen LogP contribution in [0.25, 0.3) is 16.8 Å². The zero-order valence-electron chi connectivity index (χ0n) is 19.4. The molecule has 2 amide bonds. The third-order valence-corrected chi connectivity index (χ3v) is 9.85. The summed E-state index contributed by atoms with van der Waals surface area (Å²) in [6.45, 7) is 2.22. The van der Waals surface area contributed by atoms with Gasteiger partial charge in [0.25, 0.3) is 15.9 Å². The van der Waals surface area contributed by atoms with Crippen molar-refractivity contribution in [1.29, 1.82) is 0 Å². The van der Waals surface area contributed by atoms with E-state index < -0.39 is 15.9 Å². The molecule has 1 atom stereocenters. The van der Waals surface area contributed by atoms with Gasteiger partial charge in [0, 0.05) is 6.08 Å². The van der Waals surface area contributed by atoms with Gasteiger partial charge in [0.1, 0.15) is 8.55 Å². The quantitative estimate of drug-likeness (QED) is 0.273. The van der Waals surface area contributed by atoms with Gasteiger partial charge in [-0.25, -0.2) is 13.1 Å². The van der Waals surface area contributed by atoms with E-state index in [1.807, 2.05) is 60.2 Å². The molecule has 188 valence electrons. The van der Waals surface area contributed by atoms with Crippen molar-refractivity contribution >= 4 is 78.9 Å². The van der Waals surface area contributed by atoms with E-state index >= 15 is 0 Å². The van der Waals surface area contributed by atoms with Crippen LogP contribution in [0.3, 0.4) is 0 Å². The molecular weight excluding hydrogens is 551 g/mol. The van der Waals surface area contributed by atoms with Gasteiger partial charge in [-0.2, -0.15) is 0 Å². The number of sulfonamides is 1. The minimum absolute atomic E-state index is 0.0394. The summed E-state index contributed by atoms with van der Waals surface area (Å²) in [4.78, 5) is 27.4. The molecule has 0 spiro atoms. The first-order chi connectivity index (χ1) is 17.6. The Bertz CT molecular complexity index is 1680. The van der Waals surface area contributed by atoms with E-state index in [1.165, 1.54) is 12.1 Å². The minimum Gasteiger partial charge on any atom is -0.307 e. The molecule has 1 aliphatic heterocycles. The molecule has 6 nitrogen and oxygen atoms in total. The molecule has 0 fully saturated rings. The summed E-state index contributed by atoms with van der Waals surface area (Å²) in [5.74, 6) is -1.22. The van der Waals surface area contributed by atoms with Gasteiger partial charge >= 0.3 is 0 Å². The second-order valence-electron chi connectivity index (χ2n) is 8.60. The molecule has 2 heterocycles. The summed E-state index contributed by atoms with van der Waals surface area (Å²) in [5.41, 5.74) is 3.16. The van der Waals surface area contributed by atoms with Crippen LogP contribution in [0, 0.1) is 0 Å². The van der Waals surface area contributed by atoms with Crippen LogP contribution in [0.5, 0.6) is 0 Å². The summed E-state index contributed by atoms with van der Waals surface area (Å²) in [6, 6.07) is 20.8. The van der Waals surface area contributed by atoms with E-state index in [1.54, 1.807) is 11.0 Å². The smallest absolute Gasteiger partial charge is 0.273 e. The molecule has 5 rings (SSSR count). The summed E-state index contributed by atoms with van der Waals surface area (Å²) in [5, 5.41) is 2.30. The molecule has 0 bridgehead atoms. The van der Waals surface area contributed by atoms with Crippen molar-refractivity contribution in [3.63, 3.8) is 0 Å². The molecule has 0 saturated heterocycles. The van der Waals surface area contributed by atoms with Crippen LogP contribution in [-0.4, -0.2) is 20.2 Å². The number of amides is 2. The topological polar surface area (TPSA) is 83.6 Å². The number of anilines is 1. The summed E-state index contributed by atoms with van der Waals surface area (Å²) >= 11 is 12.5. The number of halogens is 2.